The van der Waals surface area contributed by atoms with Gasteiger partial charge >= 0.3 is 0 Å². The highest BCUT2D eigenvalue weighted by Crippen LogP contribution is 2.48. The van der Waals surface area contributed by atoms with E-state index in [1.165, 1.54) is 29.2 Å². The Morgan fingerprint density at radius 2 is 1.94 bits per heavy atom. The third kappa shape index (κ3) is 2.45. The summed E-state index contributed by atoms with van der Waals surface area (Å²) in [6.45, 7) is 3.28. The predicted molar refractivity (Wildman–Crippen MR) is 80.5 cm³/mol. The van der Waals surface area contributed by atoms with Crippen LogP contribution in [0.5, 0.6) is 0 Å². The number of rotatable bonds is 2. The van der Waals surface area contributed by atoms with Crippen LogP contribution in [0.1, 0.15) is 19.8 Å². The number of hydrogen-bond acceptors (Lipinski definition) is 3. The molecule has 2 aliphatic heterocycles. The van der Waals surface area contributed by atoms with Gasteiger partial charge in [-0.05, 0) is 42.4 Å². The molecule has 1 nitrogen and oxygen atoms in total. The molecular formula is C15H20OS2. The monoisotopic (exact) mass is 280 g/mol. The molecule has 2 atom stereocenters. The Bertz CT molecular complexity index is 381. The Morgan fingerprint density at radius 3 is 2.67 bits per heavy atom. The molecule has 18 heavy (non-hydrogen) atoms. The molecule has 98 valence electrons. The fourth-order valence-corrected chi connectivity index (χ4v) is 5.62. The van der Waals surface area contributed by atoms with Crippen molar-refractivity contribution < 1.29 is 4.74 Å². The number of benzene rings is 1. The van der Waals surface area contributed by atoms with Crippen molar-refractivity contribution in [3.63, 3.8) is 0 Å². The molecule has 1 aromatic rings. The molecule has 0 saturated carbocycles. The van der Waals surface area contributed by atoms with E-state index in [4.69, 9.17) is 4.74 Å². The molecule has 1 aromatic carbocycles. The first-order valence-electron chi connectivity index (χ1n) is 6.74. The number of hydrogen-bond donors (Lipinski definition) is 0. The zero-order valence-electron chi connectivity index (χ0n) is 10.8. The molecule has 3 rings (SSSR count). The maximum Gasteiger partial charge on any atom is 0.0823 e. The van der Waals surface area contributed by atoms with E-state index >= 15 is 0 Å². The molecule has 1 spiro atoms. The van der Waals surface area contributed by atoms with Gasteiger partial charge in [0.05, 0.1) is 12.2 Å². The molecule has 0 amide bonds. The van der Waals surface area contributed by atoms with Gasteiger partial charge in [-0.2, -0.15) is 11.8 Å². The molecule has 0 aliphatic carbocycles. The van der Waals surface area contributed by atoms with E-state index in [-0.39, 0.29) is 5.60 Å². The van der Waals surface area contributed by atoms with E-state index in [9.17, 15) is 0 Å². The largest absolute Gasteiger partial charge is 0.373 e. The van der Waals surface area contributed by atoms with E-state index in [0.717, 1.165) is 6.61 Å². The van der Waals surface area contributed by atoms with Gasteiger partial charge in [0.25, 0.3) is 0 Å². The van der Waals surface area contributed by atoms with Crippen molar-refractivity contribution in [2.24, 2.45) is 5.92 Å². The first-order chi connectivity index (χ1) is 8.80. The van der Waals surface area contributed by atoms with Crippen molar-refractivity contribution in [1.29, 1.82) is 0 Å². The lowest BCUT2D eigenvalue weighted by molar-refractivity contribution is -0.000110. The highest BCUT2D eigenvalue weighted by Gasteiger charge is 2.49. The minimum Gasteiger partial charge on any atom is -0.373 e. The maximum atomic E-state index is 6.24. The van der Waals surface area contributed by atoms with Crippen LogP contribution in [0.4, 0.5) is 0 Å². The van der Waals surface area contributed by atoms with Gasteiger partial charge < -0.3 is 4.74 Å². The molecule has 2 saturated heterocycles. The summed E-state index contributed by atoms with van der Waals surface area (Å²) in [5.41, 5.74) is 0.158. The Hall–Kier alpha value is -0.120. The molecule has 2 aliphatic rings. The first kappa shape index (κ1) is 12.9. The van der Waals surface area contributed by atoms with Crippen molar-refractivity contribution in [2.45, 2.75) is 35.5 Å². The SMILES string of the molecule is C[C@@H]1COC2(CCSCC2)[C@H]1Sc1ccccc1. The first-order valence-corrected chi connectivity index (χ1v) is 8.77. The van der Waals surface area contributed by atoms with Crippen LogP contribution in [-0.2, 0) is 4.74 Å². The van der Waals surface area contributed by atoms with Crippen LogP contribution in [-0.4, -0.2) is 29.0 Å². The third-order valence-electron chi connectivity index (χ3n) is 4.01. The molecule has 2 heterocycles. The van der Waals surface area contributed by atoms with E-state index in [1.807, 2.05) is 11.8 Å². The third-order valence-corrected chi connectivity index (χ3v) is 6.69. The van der Waals surface area contributed by atoms with Gasteiger partial charge in [0.15, 0.2) is 0 Å². The van der Waals surface area contributed by atoms with Crippen LogP contribution in [0.2, 0.25) is 0 Å². The predicted octanol–water partition coefficient (Wildman–Crippen LogP) is 4.08. The normalized spacial score (nSPS) is 30.7. The van der Waals surface area contributed by atoms with Crippen molar-refractivity contribution in [3.05, 3.63) is 30.3 Å². The van der Waals surface area contributed by atoms with Crippen molar-refractivity contribution in [3.8, 4) is 0 Å². The van der Waals surface area contributed by atoms with Gasteiger partial charge in [-0.15, -0.1) is 11.8 Å². The molecule has 0 N–H and O–H groups in total. The van der Waals surface area contributed by atoms with Gasteiger partial charge in [0.2, 0.25) is 0 Å². The number of ether oxygens (including phenoxy) is 1. The minimum atomic E-state index is 0.158. The fourth-order valence-electron chi connectivity index (χ4n) is 3.00. The minimum absolute atomic E-state index is 0.158. The summed E-state index contributed by atoms with van der Waals surface area (Å²) < 4.78 is 6.24. The van der Waals surface area contributed by atoms with E-state index in [1.54, 1.807) is 0 Å². The van der Waals surface area contributed by atoms with Gasteiger partial charge in [0.1, 0.15) is 0 Å². The smallest absolute Gasteiger partial charge is 0.0823 e. The summed E-state index contributed by atoms with van der Waals surface area (Å²) in [5.74, 6) is 3.19. The van der Waals surface area contributed by atoms with Crippen molar-refractivity contribution >= 4 is 23.5 Å². The van der Waals surface area contributed by atoms with Crippen molar-refractivity contribution in [1.82, 2.24) is 0 Å². The van der Waals surface area contributed by atoms with Crippen LogP contribution in [0, 0.1) is 5.92 Å². The van der Waals surface area contributed by atoms with Crippen LogP contribution in [0.3, 0.4) is 0 Å². The van der Waals surface area contributed by atoms with Crippen LogP contribution in [0.15, 0.2) is 35.2 Å². The average molecular weight is 280 g/mol. The summed E-state index contributed by atoms with van der Waals surface area (Å²) >= 11 is 4.11. The lowest BCUT2D eigenvalue weighted by Gasteiger charge is -2.38. The Labute approximate surface area is 118 Å². The standard InChI is InChI=1S/C15H20OS2/c1-12-11-16-15(7-9-17-10-8-15)14(12)18-13-5-3-2-4-6-13/h2-6,12,14H,7-11H2,1H3/t12-,14+/m1/s1. The summed E-state index contributed by atoms with van der Waals surface area (Å²) in [6.07, 6.45) is 2.46. The second kappa shape index (κ2) is 5.48. The molecule has 2 fully saturated rings. The van der Waals surface area contributed by atoms with Gasteiger partial charge in [0, 0.05) is 10.1 Å². The summed E-state index contributed by atoms with van der Waals surface area (Å²) in [4.78, 5) is 1.39. The Balaban J connectivity index is 1.79. The van der Waals surface area contributed by atoms with E-state index < -0.39 is 0 Å². The highest BCUT2D eigenvalue weighted by molar-refractivity contribution is 8.00. The average Bonchev–Trinajstić information content (AvgIpc) is 2.71. The van der Waals surface area contributed by atoms with Crippen molar-refractivity contribution in [2.75, 3.05) is 18.1 Å². The van der Waals surface area contributed by atoms with Crippen LogP contribution in [0.25, 0.3) is 0 Å². The summed E-state index contributed by atoms with van der Waals surface area (Å²) in [7, 11) is 0. The van der Waals surface area contributed by atoms with E-state index in [0.29, 0.717) is 11.2 Å². The molecule has 3 heteroatoms. The second-order valence-corrected chi connectivity index (χ2v) is 7.76. The molecule has 0 unspecified atom stereocenters. The van der Waals surface area contributed by atoms with Gasteiger partial charge in [-0.3, -0.25) is 0 Å². The van der Waals surface area contributed by atoms with Gasteiger partial charge in [-0.1, -0.05) is 25.1 Å². The molecule has 0 aromatic heterocycles. The topological polar surface area (TPSA) is 9.23 Å². The molecular weight excluding hydrogens is 260 g/mol. The summed E-state index contributed by atoms with van der Waals surface area (Å²) in [5, 5.41) is 0.626. The highest BCUT2D eigenvalue weighted by atomic mass is 32.2. The lowest BCUT2D eigenvalue weighted by Crippen LogP contribution is -2.42. The second-order valence-electron chi connectivity index (χ2n) is 5.32. The zero-order chi connectivity index (χ0) is 12.4. The zero-order valence-corrected chi connectivity index (χ0v) is 12.4. The molecule has 0 radical (unpaired) electrons. The van der Waals surface area contributed by atoms with Gasteiger partial charge in [-0.25, -0.2) is 0 Å². The van der Waals surface area contributed by atoms with Crippen LogP contribution < -0.4 is 0 Å². The Morgan fingerprint density at radius 1 is 1.22 bits per heavy atom. The quantitative estimate of drug-likeness (QED) is 0.808. The number of thioether (sulfide) groups is 2. The van der Waals surface area contributed by atoms with E-state index in [2.05, 4.69) is 49.0 Å². The maximum absolute atomic E-state index is 6.24. The lowest BCUT2D eigenvalue weighted by atomic mass is 9.89. The molecule has 0 bridgehead atoms. The summed E-state index contributed by atoms with van der Waals surface area (Å²) in [6, 6.07) is 10.8. The van der Waals surface area contributed by atoms with Crippen LogP contribution >= 0.6 is 23.5 Å². The Kier molecular flexibility index (Phi) is 3.92. The fraction of sp³-hybridized carbons (Fsp3) is 0.600.